The molecule has 0 spiro atoms. The number of hydrogen-bond donors (Lipinski definition) is 3. The maximum absolute atomic E-state index is 13.1. The Labute approximate surface area is 299 Å². The smallest absolute Gasteiger partial charge is 0.244 e. The number of nitrogens with zero attached hydrogens (tertiary/aromatic N) is 3. The summed E-state index contributed by atoms with van der Waals surface area (Å²) in [5, 5.41) is 36.9. The Morgan fingerprint density at radius 3 is 2.51 bits per heavy atom. The van der Waals surface area contributed by atoms with Gasteiger partial charge in [-0.15, -0.1) is 0 Å². The molecule has 3 aromatic carbocycles. The van der Waals surface area contributed by atoms with Crippen LogP contribution in [0.2, 0.25) is 0 Å². The number of likely N-dealkylation sites (N-methyl/N-ethyl adjacent to an activating group) is 1. The Hall–Kier alpha value is -3.08. The first-order valence-corrected chi connectivity index (χ1v) is 15.1. The number of amides is 1. The van der Waals surface area contributed by atoms with E-state index in [1.54, 1.807) is 6.08 Å². The van der Waals surface area contributed by atoms with Crippen molar-refractivity contribution in [1.82, 2.24) is 15.1 Å². The fraction of sp³-hybridized carbons (Fsp3) is 0.371. The number of phenols is 2. The average molecular weight is 820 g/mol. The van der Waals surface area contributed by atoms with Gasteiger partial charge in [-0.05, 0) is 69.0 Å². The molecule has 2 bridgehead atoms. The molecule has 1 radical (unpaired) electrons. The summed E-state index contributed by atoms with van der Waals surface area (Å²) in [6.45, 7) is 5.97. The first-order valence-electron chi connectivity index (χ1n) is 15.1. The second-order valence-corrected chi connectivity index (χ2v) is 12.3. The number of carbonyl (C=O) groups excluding carboxylic acids is 1. The molecule has 0 aromatic heterocycles. The molecule has 4 aliphatic rings. The first kappa shape index (κ1) is 31.9. The van der Waals surface area contributed by atoms with Crippen molar-refractivity contribution < 1.29 is 68.5 Å². The predicted molar refractivity (Wildman–Crippen MR) is 165 cm³/mol. The predicted octanol–water partition coefficient (Wildman–Crippen LogP) is 4.35. The zero-order valence-electron chi connectivity index (χ0n) is 25.9. The molecular weight excluding hydrogens is 783 g/mol. The maximum atomic E-state index is 13.1. The van der Waals surface area contributed by atoms with Crippen LogP contribution in [0.4, 0.5) is 0 Å². The number of hydrogen-bond acceptors (Lipinski definition) is 8. The van der Waals surface area contributed by atoms with Gasteiger partial charge < -0.3 is 25.0 Å². The number of carbonyl (C=O) groups is 1. The van der Waals surface area contributed by atoms with E-state index in [0.29, 0.717) is 35.7 Å². The molecule has 45 heavy (non-hydrogen) atoms. The summed E-state index contributed by atoms with van der Waals surface area (Å²) in [4.78, 5) is 17.6. The van der Waals surface area contributed by atoms with E-state index in [2.05, 4.69) is 27.3 Å². The minimum atomic E-state index is -0.519. The fourth-order valence-corrected chi connectivity index (χ4v) is 7.90. The molecule has 1 unspecified atom stereocenters. The van der Waals surface area contributed by atoms with Crippen molar-refractivity contribution in [2.45, 2.75) is 63.8 Å². The molecule has 1 amide bonds. The van der Waals surface area contributed by atoms with E-state index in [4.69, 9.17) is 9.47 Å². The van der Waals surface area contributed by atoms with Crippen molar-refractivity contribution in [3.05, 3.63) is 87.0 Å². The van der Waals surface area contributed by atoms with Crippen LogP contribution in [0, 0.1) is 76.2 Å². The van der Waals surface area contributed by atoms with Gasteiger partial charge in [0.15, 0.2) is 11.5 Å². The van der Waals surface area contributed by atoms with Crippen molar-refractivity contribution in [2.75, 3.05) is 20.4 Å². The summed E-state index contributed by atoms with van der Waals surface area (Å²) in [6, 6.07) is 12.7. The van der Waals surface area contributed by atoms with Crippen LogP contribution in [0.25, 0.3) is 6.08 Å². The van der Waals surface area contributed by atoms with Gasteiger partial charge in [-0.25, -0.2) is 0 Å². The van der Waals surface area contributed by atoms with Crippen molar-refractivity contribution in [3.8, 4) is 29.1 Å². The molecule has 0 aliphatic carbocycles. The van der Waals surface area contributed by atoms with E-state index in [1.807, 2.05) is 58.2 Å². The molecule has 3 aromatic rings. The van der Waals surface area contributed by atoms with Gasteiger partial charge in [0.1, 0.15) is 17.5 Å². The van der Waals surface area contributed by atoms with Gasteiger partial charge in [-0.3, -0.25) is 14.6 Å². The average Bonchev–Trinajstić information content (AvgIpc) is 3.51. The monoisotopic (exact) mass is 819 g/mol. The number of nitrogens with one attached hydrogen (secondary N) is 1. The van der Waals surface area contributed by atoms with E-state index in [1.165, 1.54) is 6.08 Å². The van der Waals surface area contributed by atoms with Gasteiger partial charge in [0, 0.05) is 91.0 Å². The molecule has 4 aliphatic heterocycles. The third-order valence-corrected chi connectivity index (χ3v) is 10.2. The number of fused-ring (bicyclic) bond motifs is 9. The normalized spacial score (nSPS) is 24.6. The van der Waals surface area contributed by atoms with Crippen LogP contribution in [0.15, 0.2) is 42.5 Å². The molecule has 7 rings (SSSR count). The van der Waals surface area contributed by atoms with E-state index < -0.39 is 12.1 Å². The van der Waals surface area contributed by atoms with Crippen LogP contribution in [-0.4, -0.2) is 64.4 Å². The molecule has 1 saturated heterocycles. The first-order chi connectivity index (χ1) is 21.2. The van der Waals surface area contributed by atoms with E-state index in [-0.39, 0.29) is 87.2 Å². The van der Waals surface area contributed by atoms with Gasteiger partial charge >= 0.3 is 0 Å². The molecule has 229 valence electrons. The van der Waals surface area contributed by atoms with Gasteiger partial charge in [0.05, 0.1) is 18.2 Å². The third-order valence-electron chi connectivity index (χ3n) is 10.2. The molecule has 10 heteroatoms. The number of benzene rings is 3. The number of ether oxygens (including phenoxy) is 2. The molecule has 3 N–H and O–H groups in total. The van der Waals surface area contributed by atoms with E-state index in [9.17, 15) is 20.3 Å². The third kappa shape index (κ3) is 5.04. The second kappa shape index (κ2) is 12.3. The molecular formula is C35H36AcN4O5. The standard InChI is InChI=1S/C35H36N4O5.Ac/c1-18-12-22-13-24-26(15-36)39-25(31(38(24)4)29(22)33(42)19(18)2)14-23-30(35-34(43-17-44-35)20(3)32(23)41)27(39)16-37-28(40)11-10-21-8-6-5-7-9-21;/h5-12,24-27,31,41-42H,13-14,16-17H2,1-4H3,(H,37,40);/b11-10+;/t24-,25?,26+,27+,31+;/m1./s1. The quantitative estimate of drug-likeness (QED) is 0.333. The summed E-state index contributed by atoms with van der Waals surface area (Å²) < 4.78 is 11.8. The summed E-state index contributed by atoms with van der Waals surface area (Å²) in [7, 11) is 2.03. The van der Waals surface area contributed by atoms with Gasteiger partial charge in [0.2, 0.25) is 12.7 Å². The SMILES string of the molecule is Cc1cc2c(c(O)c1C)[C@@H]1C3Cc4c(O)c(C)c5c(c4[C@H](CNC(=O)/C=C/c4ccccc4)N3[C@@H](C#N)[C@@H](C2)N1C)OCO5.[Ac]. The number of rotatable bonds is 4. The zero-order chi connectivity index (χ0) is 30.9. The van der Waals surface area contributed by atoms with Crippen LogP contribution in [0.3, 0.4) is 0 Å². The summed E-state index contributed by atoms with van der Waals surface area (Å²) in [5.74, 6) is 1.22. The maximum Gasteiger partial charge on any atom is 0.244 e. The number of aromatic hydroxyl groups is 2. The van der Waals surface area contributed by atoms with Crippen molar-refractivity contribution in [3.63, 3.8) is 0 Å². The summed E-state index contributed by atoms with van der Waals surface area (Å²) >= 11 is 0. The van der Waals surface area contributed by atoms with Crippen molar-refractivity contribution in [1.29, 1.82) is 5.26 Å². The van der Waals surface area contributed by atoms with Gasteiger partial charge in [-0.1, -0.05) is 36.4 Å². The van der Waals surface area contributed by atoms with Crippen molar-refractivity contribution >= 4 is 12.0 Å². The van der Waals surface area contributed by atoms with Crippen LogP contribution < -0.4 is 14.8 Å². The van der Waals surface area contributed by atoms with E-state index >= 15 is 0 Å². The summed E-state index contributed by atoms with van der Waals surface area (Å²) in [6.07, 6.45) is 4.32. The largest absolute Gasteiger partial charge is 0.507 e. The van der Waals surface area contributed by atoms with Crippen LogP contribution in [0.1, 0.15) is 56.6 Å². The zero-order valence-corrected chi connectivity index (χ0v) is 30.6. The minimum Gasteiger partial charge on any atom is -0.507 e. The molecule has 4 heterocycles. The fourth-order valence-electron chi connectivity index (χ4n) is 7.90. The molecule has 1 fully saturated rings. The Morgan fingerprint density at radius 1 is 1.04 bits per heavy atom. The Balaban J connectivity index is 0.00000357. The Kier molecular flexibility index (Phi) is 8.69. The second-order valence-electron chi connectivity index (χ2n) is 12.3. The number of phenolic OH excluding ortho intramolecular Hbond substituents is 2. The number of piperazine rings is 1. The van der Waals surface area contributed by atoms with Crippen LogP contribution in [0.5, 0.6) is 23.0 Å². The van der Waals surface area contributed by atoms with Gasteiger partial charge in [0.25, 0.3) is 0 Å². The molecule has 0 saturated carbocycles. The molecule has 9 nitrogen and oxygen atoms in total. The topological polar surface area (TPSA) is 118 Å². The number of nitriles is 1. The number of aryl methyl sites for hydroxylation is 1. The van der Waals surface area contributed by atoms with Gasteiger partial charge in [-0.2, -0.15) is 5.26 Å². The van der Waals surface area contributed by atoms with E-state index in [0.717, 1.165) is 38.9 Å². The summed E-state index contributed by atoms with van der Waals surface area (Å²) in [5.41, 5.74) is 6.80. The Morgan fingerprint density at radius 2 is 1.78 bits per heavy atom. The van der Waals surface area contributed by atoms with Crippen LogP contribution >= 0.6 is 0 Å². The minimum absolute atomic E-state index is 0. The molecule has 5 atom stereocenters. The Bertz CT molecular complexity index is 1750. The van der Waals surface area contributed by atoms with Crippen molar-refractivity contribution in [2.24, 2.45) is 0 Å². The van der Waals surface area contributed by atoms with Crippen LogP contribution in [-0.2, 0) is 17.6 Å².